The molecule has 1 aromatic heterocycles. The van der Waals surface area contributed by atoms with Crippen molar-refractivity contribution in [3.63, 3.8) is 0 Å². The average Bonchev–Trinajstić information content (AvgIpc) is 2.73. The molecule has 1 fully saturated rings. The van der Waals surface area contributed by atoms with Crippen LogP contribution in [0.4, 0.5) is 0 Å². The number of fused-ring (bicyclic) bond motifs is 4. The summed E-state index contributed by atoms with van der Waals surface area (Å²) in [5, 5.41) is 2.93. The van der Waals surface area contributed by atoms with E-state index in [-0.39, 0.29) is 17.5 Å². The van der Waals surface area contributed by atoms with E-state index in [4.69, 9.17) is 9.47 Å². The topological polar surface area (TPSA) is 72.8 Å². The number of methoxy groups -OCH3 is 2. The molecule has 0 unspecified atom stereocenters. The van der Waals surface area contributed by atoms with Gasteiger partial charge in [0.1, 0.15) is 0 Å². The van der Waals surface area contributed by atoms with Gasteiger partial charge in [-0.2, -0.15) is 0 Å². The Balaban J connectivity index is 1.63. The molecule has 2 bridgehead atoms. The average molecular weight is 412 g/mol. The third-order valence-corrected chi connectivity index (χ3v) is 6.31. The molecule has 0 radical (unpaired) electrons. The third-order valence-electron chi connectivity index (χ3n) is 6.31. The van der Waals surface area contributed by atoms with Crippen LogP contribution in [0.5, 0.6) is 11.5 Å². The Morgan fingerprint density at radius 1 is 1.13 bits per heavy atom. The van der Waals surface area contributed by atoms with Gasteiger partial charge in [-0.05, 0) is 24.5 Å². The van der Waals surface area contributed by atoms with Crippen LogP contribution in [0.1, 0.15) is 36.6 Å². The van der Waals surface area contributed by atoms with Crippen LogP contribution in [0.15, 0.2) is 41.2 Å². The van der Waals surface area contributed by atoms with E-state index in [1.807, 2.05) is 22.8 Å². The molecule has 1 saturated heterocycles. The second-order valence-corrected chi connectivity index (χ2v) is 8.20. The molecule has 2 aliphatic heterocycles. The number of aromatic nitrogens is 1. The van der Waals surface area contributed by atoms with Gasteiger partial charge in [0.05, 0.1) is 20.3 Å². The SMILES string of the molecule is COc1cccc(CN2C[C@H]3C[C@@H](C2)[C@H](CNC(C)=O)n2c3cccc2=O)c1OC. The van der Waals surface area contributed by atoms with E-state index in [0.29, 0.717) is 18.4 Å². The molecule has 1 amide bonds. The number of pyridine rings is 1. The lowest BCUT2D eigenvalue weighted by Crippen LogP contribution is -2.51. The summed E-state index contributed by atoms with van der Waals surface area (Å²) in [5.74, 6) is 2.01. The molecule has 2 aliphatic rings. The van der Waals surface area contributed by atoms with Crippen LogP contribution < -0.4 is 20.3 Å². The van der Waals surface area contributed by atoms with Gasteiger partial charge < -0.3 is 19.4 Å². The fraction of sp³-hybridized carbons (Fsp3) is 0.478. The van der Waals surface area contributed by atoms with E-state index in [9.17, 15) is 9.59 Å². The number of benzene rings is 1. The van der Waals surface area contributed by atoms with Gasteiger partial charge in [-0.1, -0.05) is 18.2 Å². The van der Waals surface area contributed by atoms with Gasteiger partial charge in [-0.3, -0.25) is 14.5 Å². The number of amides is 1. The van der Waals surface area contributed by atoms with Crippen LogP contribution in [0, 0.1) is 5.92 Å². The molecule has 2 aromatic rings. The van der Waals surface area contributed by atoms with Crippen molar-refractivity contribution in [2.24, 2.45) is 5.92 Å². The molecule has 1 aromatic carbocycles. The lowest BCUT2D eigenvalue weighted by atomic mass is 9.78. The summed E-state index contributed by atoms with van der Waals surface area (Å²) in [4.78, 5) is 26.7. The minimum absolute atomic E-state index is 0.0143. The molecule has 0 aliphatic carbocycles. The highest BCUT2D eigenvalue weighted by Crippen LogP contribution is 2.42. The van der Waals surface area contributed by atoms with Crippen LogP contribution in [0.3, 0.4) is 0 Å². The first-order valence-electron chi connectivity index (χ1n) is 10.4. The molecule has 30 heavy (non-hydrogen) atoms. The summed E-state index contributed by atoms with van der Waals surface area (Å²) in [5.41, 5.74) is 2.16. The Hall–Kier alpha value is -2.80. The van der Waals surface area contributed by atoms with Crippen molar-refractivity contribution in [3.8, 4) is 11.5 Å². The third kappa shape index (κ3) is 3.81. The number of hydrogen-bond donors (Lipinski definition) is 1. The lowest BCUT2D eigenvalue weighted by Gasteiger charge is -2.47. The van der Waals surface area contributed by atoms with Crippen LogP contribution >= 0.6 is 0 Å². The molecule has 1 N–H and O–H groups in total. The number of hydrogen-bond acceptors (Lipinski definition) is 5. The number of carbonyl (C=O) groups is 1. The molecule has 4 rings (SSSR count). The number of para-hydroxylation sites is 1. The highest BCUT2D eigenvalue weighted by molar-refractivity contribution is 5.72. The normalized spacial score (nSPS) is 22.8. The Morgan fingerprint density at radius 2 is 1.93 bits per heavy atom. The quantitative estimate of drug-likeness (QED) is 0.789. The second kappa shape index (κ2) is 8.52. The van der Waals surface area contributed by atoms with Gasteiger partial charge >= 0.3 is 0 Å². The molecule has 7 nitrogen and oxygen atoms in total. The molecular formula is C23H29N3O4. The molecule has 0 spiro atoms. The first kappa shape index (κ1) is 20.5. The smallest absolute Gasteiger partial charge is 0.251 e. The van der Waals surface area contributed by atoms with Crippen molar-refractivity contribution in [3.05, 3.63) is 58.0 Å². The van der Waals surface area contributed by atoms with E-state index < -0.39 is 0 Å². The Labute approximate surface area is 176 Å². The minimum atomic E-state index is -0.0727. The zero-order valence-corrected chi connectivity index (χ0v) is 17.8. The van der Waals surface area contributed by atoms with E-state index in [1.54, 1.807) is 20.3 Å². The van der Waals surface area contributed by atoms with Crippen molar-refractivity contribution >= 4 is 5.91 Å². The first-order valence-corrected chi connectivity index (χ1v) is 10.4. The van der Waals surface area contributed by atoms with Crippen LogP contribution in [-0.2, 0) is 11.3 Å². The summed E-state index contributed by atoms with van der Waals surface area (Å²) >= 11 is 0. The minimum Gasteiger partial charge on any atom is -0.493 e. The molecule has 160 valence electrons. The van der Waals surface area contributed by atoms with E-state index in [2.05, 4.69) is 22.3 Å². The van der Waals surface area contributed by atoms with Crippen LogP contribution in [0.2, 0.25) is 0 Å². The maximum absolute atomic E-state index is 12.7. The van der Waals surface area contributed by atoms with Gasteiger partial charge in [0.2, 0.25) is 5.91 Å². The maximum Gasteiger partial charge on any atom is 0.251 e. The Bertz CT molecular complexity index is 987. The molecule has 3 heterocycles. The number of nitrogens with zero attached hydrogens (tertiary/aromatic N) is 2. The predicted molar refractivity (Wildman–Crippen MR) is 114 cm³/mol. The van der Waals surface area contributed by atoms with E-state index in [0.717, 1.165) is 48.8 Å². The first-order chi connectivity index (χ1) is 14.5. The highest BCUT2D eigenvalue weighted by Gasteiger charge is 2.40. The second-order valence-electron chi connectivity index (χ2n) is 8.20. The van der Waals surface area contributed by atoms with Gasteiger partial charge in [0.15, 0.2) is 11.5 Å². The van der Waals surface area contributed by atoms with Crippen molar-refractivity contribution in [2.45, 2.75) is 31.8 Å². The molecule has 0 saturated carbocycles. The van der Waals surface area contributed by atoms with Crippen molar-refractivity contribution < 1.29 is 14.3 Å². The predicted octanol–water partition coefficient (Wildman–Crippen LogP) is 2.16. The summed E-state index contributed by atoms with van der Waals surface area (Å²) in [6.45, 7) is 4.48. The van der Waals surface area contributed by atoms with Crippen LogP contribution in [-0.4, -0.2) is 49.2 Å². The van der Waals surface area contributed by atoms with Crippen LogP contribution in [0.25, 0.3) is 0 Å². The standard InChI is InChI=1S/C23H29N3O4/c1-15(27)24-11-20-18-10-17(19-7-5-9-22(28)26(19)20)13-25(14-18)12-16-6-4-8-21(29-2)23(16)30-3/h4-9,17-18,20H,10-14H2,1-3H3,(H,24,27)/t17-,18+,20+/m1/s1. The number of piperidine rings is 1. The zero-order chi connectivity index (χ0) is 21.3. The Kier molecular flexibility index (Phi) is 5.81. The number of ether oxygens (including phenoxy) is 2. The van der Waals surface area contributed by atoms with Gasteiger partial charge in [-0.15, -0.1) is 0 Å². The van der Waals surface area contributed by atoms with Gasteiger partial charge in [0.25, 0.3) is 5.56 Å². The molecular weight excluding hydrogens is 382 g/mol. The maximum atomic E-state index is 12.7. The molecule has 3 atom stereocenters. The highest BCUT2D eigenvalue weighted by atomic mass is 16.5. The van der Waals surface area contributed by atoms with E-state index in [1.165, 1.54) is 6.92 Å². The number of likely N-dealkylation sites (tertiary alicyclic amines) is 1. The fourth-order valence-electron chi connectivity index (χ4n) is 5.10. The Morgan fingerprint density at radius 3 is 2.67 bits per heavy atom. The summed E-state index contributed by atoms with van der Waals surface area (Å²) in [7, 11) is 3.31. The van der Waals surface area contributed by atoms with Crippen molar-refractivity contribution in [1.82, 2.24) is 14.8 Å². The number of nitrogens with one attached hydrogen (secondary N) is 1. The van der Waals surface area contributed by atoms with Gasteiger partial charge in [0, 0.05) is 56.3 Å². The number of rotatable bonds is 6. The summed E-state index contributed by atoms with van der Waals surface area (Å²) in [6, 6.07) is 11.4. The zero-order valence-electron chi connectivity index (χ0n) is 17.8. The fourth-order valence-corrected chi connectivity index (χ4v) is 5.10. The van der Waals surface area contributed by atoms with Crippen molar-refractivity contribution in [2.75, 3.05) is 33.9 Å². The largest absolute Gasteiger partial charge is 0.493 e. The summed E-state index contributed by atoms with van der Waals surface area (Å²) < 4.78 is 13.0. The lowest BCUT2D eigenvalue weighted by molar-refractivity contribution is -0.119. The molecule has 7 heteroatoms. The summed E-state index contributed by atoms with van der Waals surface area (Å²) in [6.07, 6.45) is 1.03. The van der Waals surface area contributed by atoms with Crippen molar-refractivity contribution in [1.29, 1.82) is 0 Å². The van der Waals surface area contributed by atoms with E-state index >= 15 is 0 Å². The number of carbonyl (C=O) groups excluding carboxylic acids is 1. The monoisotopic (exact) mass is 411 g/mol. The van der Waals surface area contributed by atoms with Gasteiger partial charge in [-0.25, -0.2) is 0 Å².